The Morgan fingerprint density at radius 1 is 0.850 bits per heavy atom. The summed E-state index contributed by atoms with van der Waals surface area (Å²) in [4.78, 5) is 0. The monoisotopic (exact) mass is 286 g/mol. The zero-order chi connectivity index (χ0) is 14.7. The highest BCUT2D eigenvalue weighted by Crippen LogP contribution is 2.20. The largest absolute Gasteiger partial charge is 0.490 e. The molecular weight excluding hydrogens is 276 g/mol. The molecule has 2 aromatic rings. The molecule has 0 saturated carbocycles. The van der Waals surface area contributed by atoms with Gasteiger partial charge < -0.3 is 9.84 Å². The van der Waals surface area contributed by atoms with Gasteiger partial charge in [0.1, 0.15) is 18.5 Å². The SMILES string of the molecule is OC(COc1ccc(F)c(F)c1)c1ccc(F)c(F)c1. The first-order chi connectivity index (χ1) is 9.47. The lowest BCUT2D eigenvalue weighted by molar-refractivity contribution is 0.107. The first-order valence-electron chi connectivity index (χ1n) is 5.68. The van der Waals surface area contributed by atoms with Gasteiger partial charge in [0.25, 0.3) is 0 Å². The van der Waals surface area contributed by atoms with Gasteiger partial charge in [-0.15, -0.1) is 0 Å². The number of halogens is 4. The van der Waals surface area contributed by atoms with Crippen LogP contribution in [0.1, 0.15) is 11.7 Å². The second kappa shape index (κ2) is 5.92. The molecule has 0 aliphatic carbocycles. The van der Waals surface area contributed by atoms with Crippen molar-refractivity contribution in [1.29, 1.82) is 0 Å². The molecule has 2 nitrogen and oxygen atoms in total. The maximum Gasteiger partial charge on any atom is 0.162 e. The fraction of sp³-hybridized carbons (Fsp3) is 0.143. The minimum absolute atomic E-state index is 0.0190. The van der Waals surface area contributed by atoms with E-state index in [0.717, 1.165) is 24.3 Å². The molecule has 2 rings (SSSR count). The van der Waals surface area contributed by atoms with Crippen molar-refractivity contribution in [3.05, 3.63) is 65.2 Å². The van der Waals surface area contributed by atoms with Crippen molar-refractivity contribution in [2.45, 2.75) is 6.10 Å². The number of rotatable bonds is 4. The molecule has 0 radical (unpaired) electrons. The van der Waals surface area contributed by atoms with Crippen LogP contribution in [-0.4, -0.2) is 11.7 Å². The highest BCUT2D eigenvalue weighted by molar-refractivity contribution is 5.24. The molecule has 0 aromatic heterocycles. The number of ether oxygens (including phenoxy) is 1. The standard InChI is InChI=1S/C14H10F4O2/c15-10-3-1-8(5-12(10)17)14(19)7-20-9-2-4-11(16)13(18)6-9/h1-6,14,19H,7H2. The predicted octanol–water partition coefficient (Wildman–Crippen LogP) is 3.36. The highest BCUT2D eigenvalue weighted by Gasteiger charge is 2.12. The predicted molar refractivity (Wildman–Crippen MR) is 63.2 cm³/mol. The van der Waals surface area contributed by atoms with Gasteiger partial charge in [0.05, 0.1) is 0 Å². The summed E-state index contributed by atoms with van der Waals surface area (Å²) in [5.74, 6) is -4.19. The molecule has 1 unspecified atom stereocenters. The number of benzene rings is 2. The van der Waals surface area contributed by atoms with Gasteiger partial charge in [0.15, 0.2) is 23.3 Å². The first kappa shape index (κ1) is 14.3. The Kier molecular flexibility index (Phi) is 4.24. The van der Waals surface area contributed by atoms with E-state index in [9.17, 15) is 22.7 Å². The molecule has 0 aliphatic rings. The molecule has 2 aromatic carbocycles. The van der Waals surface area contributed by atoms with E-state index in [0.29, 0.717) is 0 Å². The van der Waals surface area contributed by atoms with Crippen LogP contribution >= 0.6 is 0 Å². The Balaban J connectivity index is 2.02. The average Bonchev–Trinajstić information content (AvgIpc) is 2.43. The van der Waals surface area contributed by atoms with Gasteiger partial charge >= 0.3 is 0 Å². The van der Waals surface area contributed by atoms with Crippen LogP contribution in [0.2, 0.25) is 0 Å². The third-order valence-electron chi connectivity index (χ3n) is 2.63. The summed E-state index contributed by atoms with van der Waals surface area (Å²) in [6.45, 7) is -0.309. The third kappa shape index (κ3) is 3.27. The Bertz CT molecular complexity index is 616. The zero-order valence-electron chi connectivity index (χ0n) is 10.1. The summed E-state index contributed by atoms with van der Waals surface area (Å²) in [6.07, 6.45) is -1.22. The Hall–Kier alpha value is -2.08. The number of hydrogen-bond donors (Lipinski definition) is 1. The van der Waals surface area contributed by atoms with E-state index in [-0.39, 0.29) is 17.9 Å². The van der Waals surface area contributed by atoms with E-state index in [2.05, 4.69) is 0 Å². The Morgan fingerprint density at radius 3 is 2.05 bits per heavy atom. The lowest BCUT2D eigenvalue weighted by Gasteiger charge is -2.13. The van der Waals surface area contributed by atoms with E-state index >= 15 is 0 Å². The zero-order valence-corrected chi connectivity index (χ0v) is 10.1. The molecule has 6 heteroatoms. The van der Waals surface area contributed by atoms with E-state index in [1.807, 2.05) is 0 Å². The summed E-state index contributed by atoms with van der Waals surface area (Å²) in [5.41, 5.74) is 0.117. The molecule has 0 heterocycles. The van der Waals surface area contributed by atoms with Gasteiger partial charge in [-0.05, 0) is 29.8 Å². The molecular formula is C14H10F4O2. The van der Waals surface area contributed by atoms with Crippen LogP contribution in [-0.2, 0) is 0 Å². The lowest BCUT2D eigenvalue weighted by atomic mass is 10.1. The van der Waals surface area contributed by atoms with Gasteiger partial charge in [-0.2, -0.15) is 0 Å². The van der Waals surface area contributed by atoms with E-state index in [4.69, 9.17) is 4.74 Å². The molecule has 0 fully saturated rings. The van der Waals surface area contributed by atoms with Gasteiger partial charge in [0, 0.05) is 6.07 Å². The van der Waals surface area contributed by atoms with Crippen LogP contribution in [0.3, 0.4) is 0 Å². The van der Waals surface area contributed by atoms with Crippen LogP contribution in [0.25, 0.3) is 0 Å². The molecule has 0 saturated heterocycles. The van der Waals surface area contributed by atoms with E-state index in [1.165, 1.54) is 12.1 Å². The summed E-state index contributed by atoms with van der Waals surface area (Å²) in [6, 6.07) is 5.83. The van der Waals surface area contributed by atoms with Crippen LogP contribution < -0.4 is 4.74 Å². The minimum Gasteiger partial charge on any atom is -0.490 e. The maximum absolute atomic E-state index is 13.0. The van der Waals surface area contributed by atoms with Gasteiger partial charge in [-0.25, -0.2) is 17.6 Å². The quantitative estimate of drug-likeness (QED) is 0.873. The summed E-state index contributed by atoms with van der Waals surface area (Å²) in [5, 5.41) is 9.74. The van der Waals surface area contributed by atoms with Crippen molar-refractivity contribution in [2.24, 2.45) is 0 Å². The molecule has 106 valence electrons. The van der Waals surface area contributed by atoms with Crippen LogP contribution in [0, 0.1) is 23.3 Å². The van der Waals surface area contributed by atoms with Crippen LogP contribution in [0.4, 0.5) is 17.6 Å². The van der Waals surface area contributed by atoms with E-state index < -0.39 is 29.4 Å². The van der Waals surface area contributed by atoms with Crippen LogP contribution in [0.5, 0.6) is 5.75 Å². The first-order valence-corrected chi connectivity index (χ1v) is 5.68. The van der Waals surface area contributed by atoms with Crippen molar-refractivity contribution in [1.82, 2.24) is 0 Å². The number of hydrogen-bond acceptors (Lipinski definition) is 2. The normalized spacial score (nSPS) is 12.2. The van der Waals surface area contributed by atoms with E-state index in [1.54, 1.807) is 0 Å². The fourth-order valence-electron chi connectivity index (χ4n) is 1.56. The van der Waals surface area contributed by atoms with Gasteiger partial charge in [-0.1, -0.05) is 6.07 Å². The highest BCUT2D eigenvalue weighted by atomic mass is 19.2. The molecule has 0 aliphatic heterocycles. The summed E-state index contributed by atoms with van der Waals surface area (Å²) < 4.78 is 56.4. The lowest BCUT2D eigenvalue weighted by Crippen LogP contribution is -2.10. The van der Waals surface area contributed by atoms with Crippen LogP contribution in [0.15, 0.2) is 36.4 Å². The maximum atomic E-state index is 13.0. The second-order valence-electron chi connectivity index (χ2n) is 4.08. The Morgan fingerprint density at radius 2 is 1.45 bits per heavy atom. The Labute approximate surface area is 112 Å². The molecule has 1 N–H and O–H groups in total. The van der Waals surface area contributed by atoms with Crippen molar-refractivity contribution in [2.75, 3.05) is 6.61 Å². The minimum atomic E-state index is -1.22. The van der Waals surface area contributed by atoms with Crippen molar-refractivity contribution < 1.29 is 27.4 Å². The topological polar surface area (TPSA) is 29.5 Å². The fourth-order valence-corrected chi connectivity index (χ4v) is 1.56. The van der Waals surface area contributed by atoms with Crippen molar-refractivity contribution in [3.8, 4) is 5.75 Å². The number of aliphatic hydroxyl groups is 1. The smallest absolute Gasteiger partial charge is 0.162 e. The van der Waals surface area contributed by atoms with Gasteiger partial charge in [-0.3, -0.25) is 0 Å². The molecule has 0 spiro atoms. The summed E-state index contributed by atoms with van der Waals surface area (Å²) >= 11 is 0. The summed E-state index contributed by atoms with van der Waals surface area (Å²) in [7, 11) is 0. The van der Waals surface area contributed by atoms with Crippen molar-refractivity contribution >= 4 is 0 Å². The molecule has 0 bridgehead atoms. The molecule has 0 amide bonds. The third-order valence-corrected chi connectivity index (χ3v) is 2.63. The van der Waals surface area contributed by atoms with Crippen molar-refractivity contribution in [3.63, 3.8) is 0 Å². The average molecular weight is 286 g/mol. The second-order valence-corrected chi connectivity index (χ2v) is 4.08. The molecule has 1 atom stereocenters. The van der Waals surface area contributed by atoms with Gasteiger partial charge in [0.2, 0.25) is 0 Å². The number of aliphatic hydroxyl groups excluding tert-OH is 1. The molecule has 20 heavy (non-hydrogen) atoms.